The van der Waals surface area contributed by atoms with Gasteiger partial charge < -0.3 is 4.18 Å². The molecule has 0 aromatic heterocycles. The predicted molar refractivity (Wildman–Crippen MR) is 49.9 cm³/mol. The lowest BCUT2D eigenvalue weighted by molar-refractivity contribution is 0.409. The molecule has 0 saturated carbocycles. The van der Waals surface area contributed by atoms with E-state index in [1.54, 1.807) is 6.08 Å². The molecule has 1 aliphatic carbocycles. The zero-order valence-corrected chi connectivity index (χ0v) is 8.30. The number of nitrogens with two attached hydrogens (primary N) is 1. The maximum atomic E-state index is 10.6. The Bertz CT molecular complexity index is 340. The summed E-state index contributed by atoms with van der Waals surface area (Å²) >= 11 is 0. The van der Waals surface area contributed by atoms with Gasteiger partial charge in [-0.3, -0.25) is 0 Å². The van der Waals surface area contributed by atoms with Gasteiger partial charge in [0.1, 0.15) is 5.76 Å². The minimum absolute atomic E-state index is 0.385. The van der Waals surface area contributed by atoms with Gasteiger partial charge in [-0.05, 0) is 30.9 Å². The molecule has 0 bridgehead atoms. The SMILES string of the molecule is CCC1=CCCC=C1OS(N)(=O)=O. The highest BCUT2D eigenvalue weighted by Gasteiger charge is 2.13. The first-order chi connectivity index (χ1) is 6.03. The first-order valence-electron chi connectivity index (χ1n) is 4.14. The van der Waals surface area contributed by atoms with Crippen molar-refractivity contribution < 1.29 is 12.6 Å². The van der Waals surface area contributed by atoms with Crippen LogP contribution >= 0.6 is 0 Å². The van der Waals surface area contributed by atoms with Crippen LogP contribution in [-0.2, 0) is 14.5 Å². The summed E-state index contributed by atoms with van der Waals surface area (Å²) in [4.78, 5) is 0. The molecular formula is C8H13NO3S. The van der Waals surface area contributed by atoms with E-state index in [1.807, 2.05) is 13.0 Å². The second kappa shape index (κ2) is 3.93. The third kappa shape index (κ3) is 3.20. The molecule has 0 atom stereocenters. The Labute approximate surface area is 78.3 Å². The summed E-state index contributed by atoms with van der Waals surface area (Å²) in [6.45, 7) is 1.94. The Morgan fingerprint density at radius 1 is 1.46 bits per heavy atom. The molecule has 2 N–H and O–H groups in total. The Hall–Kier alpha value is -0.810. The molecule has 13 heavy (non-hydrogen) atoms. The van der Waals surface area contributed by atoms with Crippen molar-refractivity contribution in [2.45, 2.75) is 26.2 Å². The second-order valence-electron chi connectivity index (χ2n) is 2.80. The van der Waals surface area contributed by atoms with E-state index in [0.717, 1.165) is 24.8 Å². The lowest BCUT2D eigenvalue weighted by atomic mass is 10.0. The average molecular weight is 203 g/mol. The standard InChI is InChI=1S/C8H13NO3S/c1-2-7-5-3-4-6-8(7)12-13(9,10)11/h5-6H,2-4H2,1H3,(H2,9,10,11). The van der Waals surface area contributed by atoms with Crippen molar-refractivity contribution in [1.82, 2.24) is 0 Å². The molecule has 0 aromatic carbocycles. The summed E-state index contributed by atoms with van der Waals surface area (Å²) < 4.78 is 25.9. The fourth-order valence-corrected chi connectivity index (χ4v) is 1.66. The molecule has 0 aromatic rings. The summed E-state index contributed by atoms with van der Waals surface area (Å²) in [6, 6.07) is 0. The van der Waals surface area contributed by atoms with Crippen molar-refractivity contribution in [2.24, 2.45) is 5.14 Å². The van der Waals surface area contributed by atoms with Crippen molar-refractivity contribution in [3.63, 3.8) is 0 Å². The van der Waals surface area contributed by atoms with Crippen LogP contribution < -0.4 is 5.14 Å². The third-order valence-corrected chi connectivity index (χ3v) is 2.20. The van der Waals surface area contributed by atoms with Crippen molar-refractivity contribution in [1.29, 1.82) is 0 Å². The highest BCUT2D eigenvalue weighted by Crippen LogP contribution is 2.22. The van der Waals surface area contributed by atoms with Gasteiger partial charge in [-0.15, -0.1) is 0 Å². The van der Waals surface area contributed by atoms with Gasteiger partial charge in [-0.2, -0.15) is 13.6 Å². The highest BCUT2D eigenvalue weighted by molar-refractivity contribution is 7.84. The van der Waals surface area contributed by atoms with Gasteiger partial charge in [-0.1, -0.05) is 13.0 Å². The van der Waals surface area contributed by atoms with Gasteiger partial charge in [0.15, 0.2) is 0 Å². The van der Waals surface area contributed by atoms with Crippen LogP contribution in [0.4, 0.5) is 0 Å². The van der Waals surface area contributed by atoms with Gasteiger partial charge in [0.25, 0.3) is 0 Å². The van der Waals surface area contributed by atoms with Crippen molar-refractivity contribution in [3.05, 3.63) is 23.5 Å². The van der Waals surface area contributed by atoms with E-state index >= 15 is 0 Å². The van der Waals surface area contributed by atoms with Crippen molar-refractivity contribution >= 4 is 10.3 Å². The van der Waals surface area contributed by atoms with E-state index in [1.165, 1.54) is 0 Å². The van der Waals surface area contributed by atoms with E-state index in [4.69, 9.17) is 5.14 Å². The molecule has 74 valence electrons. The third-order valence-electron chi connectivity index (χ3n) is 1.79. The number of allylic oxidation sites excluding steroid dienone is 3. The lowest BCUT2D eigenvalue weighted by Gasteiger charge is -2.13. The summed E-state index contributed by atoms with van der Waals surface area (Å²) in [7, 11) is -3.88. The summed E-state index contributed by atoms with van der Waals surface area (Å²) in [6.07, 6.45) is 6.21. The molecule has 0 heterocycles. The zero-order valence-electron chi connectivity index (χ0n) is 7.49. The van der Waals surface area contributed by atoms with Gasteiger partial charge in [0, 0.05) is 0 Å². The maximum absolute atomic E-state index is 10.6. The van der Waals surface area contributed by atoms with Gasteiger partial charge in [0.05, 0.1) is 0 Å². The largest absolute Gasteiger partial charge is 0.380 e. The van der Waals surface area contributed by atoms with E-state index in [-0.39, 0.29) is 0 Å². The quantitative estimate of drug-likeness (QED) is 0.749. The van der Waals surface area contributed by atoms with E-state index in [9.17, 15) is 8.42 Å². The second-order valence-corrected chi connectivity index (χ2v) is 3.96. The Morgan fingerprint density at radius 2 is 2.08 bits per heavy atom. The number of hydrogen-bond acceptors (Lipinski definition) is 3. The van der Waals surface area contributed by atoms with Crippen LogP contribution in [-0.4, -0.2) is 8.42 Å². The molecule has 4 nitrogen and oxygen atoms in total. The zero-order chi connectivity index (χ0) is 9.90. The molecular weight excluding hydrogens is 190 g/mol. The van der Waals surface area contributed by atoms with Crippen LogP contribution in [0.5, 0.6) is 0 Å². The minimum atomic E-state index is -3.88. The first-order valence-corrected chi connectivity index (χ1v) is 5.62. The lowest BCUT2D eigenvalue weighted by Crippen LogP contribution is -2.16. The molecule has 0 amide bonds. The summed E-state index contributed by atoms with van der Waals surface area (Å²) in [5.74, 6) is 0.385. The number of hydrogen-bond donors (Lipinski definition) is 1. The number of rotatable bonds is 3. The predicted octanol–water partition coefficient (Wildman–Crippen LogP) is 1.22. The van der Waals surface area contributed by atoms with Crippen LogP contribution in [0.25, 0.3) is 0 Å². The Balaban J connectivity index is 2.79. The molecule has 0 spiro atoms. The topological polar surface area (TPSA) is 69.4 Å². The van der Waals surface area contributed by atoms with Crippen molar-refractivity contribution in [3.8, 4) is 0 Å². The van der Waals surface area contributed by atoms with Crippen LogP contribution in [0.15, 0.2) is 23.5 Å². The molecule has 0 unspecified atom stereocenters. The van der Waals surface area contributed by atoms with Crippen molar-refractivity contribution in [2.75, 3.05) is 0 Å². The van der Waals surface area contributed by atoms with Gasteiger partial charge in [-0.25, -0.2) is 0 Å². The Kier molecular flexibility index (Phi) is 3.11. The summed E-state index contributed by atoms with van der Waals surface area (Å²) in [5, 5.41) is 4.77. The molecule has 1 aliphatic rings. The monoisotopic (exact) mass is 203 g/mol. The van der Waals surface area contributed by atoms with Gasteiger partial charge >= 0.3 is 10.3 Å². The average Bonchev–Trinajstić information content (AvgIpc) is 2.02. The van der Waals surface area contributed by atoms with E-state index in [2.05, 4.69) is 4.18 Å². The molecule has 5 heteroatoms. The molecule has 0 saturated heterocycles. The molecule has 0 aliphatic heterocycles. The first kappa shape index (κ1) is 10.3. The highest BCUT2D eigenvalue weighted by atomic mass is 32.2. The van der Waals surface area contributed by atoms with Crippen LogP contribution in [0, 0.1) is 0 Å². The fraction of sp³-hybridized carbons (Fsp3) is 0.500. The van der Waals surface area contributed by atoms with Crippen LogP contribution in [0.1, 0.15) is 26.2 Å². The molecule has 1 rings (SSSR count). The minimum Gasteiger partial charge on any atom is -0.371 e. The summed E-state index contributed by atoms with van der Waals surface area (Å²) in [5.41, 5.74) is 0.903. The smallest absolute Gasteiger partial charge is 0.371 e. The van der Waals surface area contributed by atoms with Crippen LogP contribution in [0.2, 0.25) is 0 Å². The fourth-order valence-electron chi connectivity index (χ4n) is 1.23. The normalized spacial score (nSPS) is 17.7. The van der Waals surface area contributed by atoms with Crippen LogP contribution in [0.3, 0.4) is 0 Å². The Morgan fingerprint density at radius 3 is 2.62 bits per heavy atom. The van der Waals surface area contributed by atoms with E-state index in [0.29, 0.717) is 5.76 Å². The maximum Gasteiger partial charge on any atom is 0.380 e. The van der Waals surface area contributed by atoms with Gasteiger partial charge in [0.2, 0.25) is 0 Å². The molecule has 0 radical (unpaired) electrons. The molecule has 0 fully saturated rings. The van der Waals surface area contributed by atoms with E-state index < -0.39 is 10.3 Å².